The maximum Gasteiger partial charge on any atom is 0.0814 e. The van der Waals surface area contributed by atoms with Crippen LogP contribution in [0.2, 0.25) is 0 Å². The average molecular weight is 771 g/mol. The molecule has 7 heteroatoms. The molecular formula is H3BCoCrPdPtReTb. The summed E-state index contributed by atoms with van der Waals surface area (Å²) in [4.78, 5) is 0. The van der Waals surface area contributed by atoms with Crippen molar-refractivity contribution in [3.05, 3.63) is 0 Å². The molecule has 0 aromatic heterocycles. The Balaban J connectivity index is 0. The quantitative estimate of drug-likeness (QED) is 0.272. The number of hydrogen-bond donors (Lipinski definition) is 0. The molecule has 3 radical (unpaired) electrons. The van der Waals surface area contributed by atoms with Crippen molar-refractivity contribution in [2.45, 2.75) is 0 Å². The molecule has 0 saturated heterocycles. The van der Waals surface area contributed by atoms with E-state index in [4.69, 9.17) is 0 Å². The Morgan fingerprint density at radius 2 is 1.00 bits per heavy atom. The second kappa shape index (κ2) is 47.4. The third-order valence-electron chi connectivity index (χ3n) is 0. The van der Waals surface area contributed by atoms with Crippen molar-refractivity contribution in [2.75, 3.05) is 0 Å². The van der Waals surface area contributed by atoms with Crippen LogP contribution in [0.3, 0.4) is 0 Å². The van der Waals surface area contributed by atoms with E-state index in [-0.39, 0.29) is 143 Å². The monoisotopic (exact) mass is 772 g/mol. The van der Waals surface area contributed by atoms with Gasteiger partial charge in [0.1, 0.15) is 0 Å². The maximum atomic E-state index is 0. The van der Waals surface area contributed by atoms with E-state index in [0.29, 0.717) is 0 Å². The van der Waals surface area contributed by atoms with Gasteiger partial charge in [-0.3, -0.25) is 0 Å². The van der Waals surface area contributed by atoms with Crippen LogP contribution in [0, 0.1) is 38.6 Å². The Morgan fingerprint density at radius 3 is 1.00 bits per heavy atom. The molecule has 0 amide bonds. The standard InChI is InChI=1S/BH3.Co.Cr.Pd.Pt.Re.Tb/h1H3;;;;;;. The molecule has 0 rings (SSSR count). The Labute approximate surface area is 140 Å². The predicted molar refractivity (Wildman–Crippen MR) is 9.94 cm³/mol. The van der Waals surface area contributed by atoms with E-state index in [9.17, 15) is 0 Å². The molecule has 0 aliphatic heterocycles. The van der Waals surface area contributed by atoms with Crippen molar-refractivity contribution in [2.24, 2.45) is 0 Å². The largest absolute Gasteiger partial charge is 0.0814 e. The second-order valence-electron chi connectivity index (χ2n) is 0. The van der Waals surface area contributed by atoms with Gasteiger partial charge in [-0.25, -0.2) is 0 Å². The summed E-state index contributed by atoms with van der Waals surface area (Å²) in [5.74, 6) is 0. The number of hydrogen-bond acceptors (Lipinski definition) is 0. The van der Waals surface area contributed by atoms with Gasteiger partial charge in [0.05, 0.1) is 8.41 Å². The fourth-order valence-electron chi connectivity index (χ4n) is 0. The van der Waals surface area contributed by atoms with Crippen LogP contribution in [0.5, 0.6) is 0 Å². The SMILES string of the molecule is B.[Co].[Cr].[Pd].[Pt].[Re].[Tb]. The van der Waals surface area contributed by atoms with E-state index in [1.54, 1.807) is 0 Å². The Kier molecular flexibility index (Phi) is 432. The maximum absolute atomic E-state index is 0. The van der Waals surface area contributed by atoms with Crippen LogP contribution in [0.15, 0.2) is 0 Å². The number of rotatable bonds is 0. The van der Waals surface area contributed by atoms with Gasteiger partial charge in [-0.1, -0.05) is 0 Å². The molecule has 0 aliphatic carbocycles. The summed E-state index contributed by atoms with van der Waals surface area (Å²) in [6.07, 6.45) is 0. The summed E-state index contributed by atoms with van der Waals surface area (Å²) in [6.45, 7) is 0. The van der Waals surface area contributed by atoms with Gasteiger partial charge in [0.25, 0.3) is 0 Å². The minimum absolute atomic E-state index is 0. The molecule has 0 nitrogen and oxygen atoms in total. The summed E-state index contributed by atoms with van der Waals surface area (Å²) in [6, 6.07) is 0. The van der Waals surface area contributed by atoms with Crippen molar-refractivity contribution >= 4 is 8.41 Å². The molecule has 0 bridgehead atoms. The van der Waals surface area contributed by atoms with Crippen molar-refractivity contribution in [1.29, 1.82) is 0 Å². The van der Waals surface area contributed by atoms with Crippen LogP contribution >= 0.6 is 0 Å². The third kappa shape index (κ3) is 37.9. The third-order valence-corrected chi connectivity index (χ3v) is 0. The van der Waals surface area contributed by atoms with E-state index < -0.39 is 0 Å². The first kappa shape index (κ1) is 63.7. The van der Waals surface area contributed by atoms with Gasteiger partial charge in [-0.2, -0.15) is 0 Å². The minimum Gasteiger partial charge on any atom is 0 e. The van der Waals surface area contributed by atoms with Gasteiger partial charge < -0.3 is 0 Å². The van der Waals surface area contributed by atoms with Gasteiger partial charge in [0.2, 0.25) is 0 Å². The zero-order chi connectivity index (χ0) is 0. The van der Waals surface area contributed by atoms with Crippen LogP contribution in [0.1, 0.15) is 0 Å². The summed E-state index contributed by atoms with van der Waals surface area (Å²) < 4.78 is 0. The van der Waals surface area contributed by atoms with Crippen molar-refractivity contribution in [1.82, 2.24) is 0 Å². The molecule has 0 spiro atoms. The summed E-state index contributed by atoms with van der Waals surface area (Å²) in [7, 11) is 0. The summed E-state index contributed by atoms with van der Waals surface area (Å²) in [5.41, 5.74) is 0. The second-order valence-corrected chi connectivity index (χ2v) is 0. The zero-order valence-electron chi connectivity index (χ0n) is 2.09. The minimum atomic E-state index is 0. The Morgan fingerprint density at radius 1 is 1.00 bits per heavy atom. The fraction of sp³-hybridized carbons (Fsp3) is 0. The average Bonchev–Trinajstić information content (AvgIpc) is 0. The summed E-state index contributed by atoms with van der Waals surface area (Å²) in [5, 5.41) is 0. The Hall–Kier alpha value is 4.40. The fourth-order valence-corrected chi connectivity index (χ4v) is 0. The predicted octanol–water partition coefficient (Wildman–Crippen LogP) is -1.20. The van der Waals surface area contributed by atoms with Crippen LogP contribution in [0.4, 0.5) is 0 Å². The van der Waals surface area contributed by atoms with E-state index in [1.165, 1.54) is 0 Å². The zero-order valence-corrected chi connectivity index (χ0v) is 13.1. The van der Waals surface area contributed by atoms with Gasteiger partial charge in [0, 0.05) is 135 Å². The van der Waals surface area contributed by atoms with E-state index in [2.05, 4.69) is 0 Å². The van der Waals surface area contributed by atoms with Gasteiger partial charge in [-0.15, -0.1) is 0 Å². The molecule has 0 N–H and O–H groups in total. The van der Waals surface area contributed by atoms with Crippen LogP contribution in [-0.2, 0) is 96.1 Å². The van der Waals surface area contributed by atoms with Gasteiger partial charge >= 0.3 is 0 Å². The first-order valence-electron chi connectivity index (χ1n) is 0. The van der Waals surface area contributed by atoms with E-state index >= 15 is 0 Å². The molecule has 0 aromatic rings. The first-order chi connectivity index (χ1) is 0. The van der Waals surface area contributed by atoms with Crippen LogP contribution < -0.4 is 0 Å². The molecule has 0 aromatic carbocycles. The summed E-state index contributed by atoms with van der Waals surface area (Å²) >= 11 is 0. The van der Waals surface area contributed by atoms with Gasteiger partial charge in [-0.05, 0) is 0 Å². The molecule has 0 unspecified atom stereocenters. The smallest absolute Gasteiger partial charge is 0 e. The molecular weight excluding hydrogens is 768 g/mol. The van der Waals surface area contributed by atoms with Crippen molar-refractivity contribution in [3.63, 3.8) is 0 Å². The molecule has 0 heterocycles. The Bertz CT molecular complexity index is 19.7. The molecule has 7 heavy (non-hydrogen) atoms. The van der Waals surface area contributed by atoms with Crippen molar-refractivity contribution in [3.8, 4) is 0 Å². The molecule has 57 valence electrons. The van der Waals surface area contributed by atoms with Crippen molar-refractivity contribution < 1.29 is 135 Å². The topological polar surface area (TPSA) is 0 Å². The molecule has 0 atom stereocenters. The van der Waals surface area contributed by atoms with Gasteiger partial charge in [0.15, 0.2) is 0 Å². The van der Waals surface area contributed by atoms with Crippen LogP contribution in [0.25, 0.3) is 0 Å². The van der Waals surface area contributed by atoms with E-state index in [1.807, 2.05) is 0 Å². The van der Waals surface area contributed by atoms with E-state index in [0.717, 1.165) is 0 Å². The molecule has 0 fully saturated rings. The van der Waals surface area contributed by atoms with Crippen LogP contribution in [-0.4, -0.2) is 8.41 Å². The molecule has 0 saturated carbocycles. The molecule has 0 aliphatic rings. The first-order valence-corrected chi connectivity index (χ1v) is 0. The normalized spacial score (nSPS) is 0.